The summed E-state index contributed by atoms with van der Waals surface area (Å²) in [6.07, 6.45) is 0. The van der Waals surface area contributed by atoms with Gasteiger partial charge in [-0.2, -0.15) is 0 Å². The maximum absolute atomic E-state index is 12.2. The molecule has 6 heteroatoms. The van der Waals surface area contributed by atoms with E-state index < -0.39 is 0 Å². The lowest BCUT2D eigenvalue weighted by atomic mass is 10.1. The molecule has 3 aromatic rings. The van der Waals surface area contributed by atoms with Crippen molar-refractivity contribution >= 4 is 28.2 Å². The third kappa shape index (κ3) is 3.31. The molecule has 24 heavy (non-hydrogen) atoms. The van der Waals surface area contributed by atoms with Crippen LogP contribution in [0.2, 0.25) is 5.02 Å². The highest BCUT2D eigenvalue weighted by Crippen LogP contribution is 2.27. The van der Waals surface area contributed by atoms with Gasteiger partial charge in [0.1, 0.15) is 11.5 Å². The van der Waals surface area contributed by atoms with Gasteiger partial charge in [-0.3, -0.25) is 4.79 Å². The summed E-state index contributed by atoms with van der Waals surface area (Å²) in [5, 5.41) is 4.66. The number of methoxy groups -OCH3 is 2. The molecule has 0 saturated heterocycles. The van der Waals surface area contributed by atoms with Crippen molar-refractivity contribution in [2.45, 2.75) is 6.54 Å². The van der Waals surface area contributed by atoms with Gasteiger partial charge in [-0.05, 0) is 41.8 Å². The maximum atomic E-state index is 12.2. The maximum Gasteiger partial charge on any atom is 0.253 e. The van der Waals surface area contributed by atoms with E-state index in [2.05, 4.69) is 10.3 Å². The summed E-state index contributed by atoms with van der Waals surface area (Å²) in [6.45, 7) is 0.389. The van der Waals surface area contributed by atoms with Gasteiger partial charge in [-0.15, -0.1) is 0 Å². The molecule has 3 rings (SSSR count). The molecule has 0 amide bonds. The molecule has 5 nitrogen and oxygen atoms in total. The summed E-state index contributed by atoms with van der Waals surface area (Å²) in [5.74, 6) is 1.32. The van der Waals surface area contributed by atoms with Crippen molar-refractivity contribution in [3.8, 4) is 11.5 Å². The SMILES string of the molecule is COc1ccc2cc(CNc3ccc(OC)c(Cl)c3)c(=O)[nH]c2c1. The minimum Gasteiger partial charge on any atom is -0.497 e. The van der Waals surface area contributed by atoms with Crippen LogP contribution in [0.25, 0.3) is 10.9 Å². The second kappa shape index (κ2) is 6.84. The zero-order valence-electron chi connectivity index (χ0n) is 13.4. The second-order valence-corrected chi connectivity index (χ2v) is 5.69. The molecule has 0 saturated carbocycles. The number of ether oxygens (including phenoxy) is 2. The van der Waals surface area contributed by atoms with E-state index >= 15 is 0 Å². The number of halogens is 1. The second-order valence-electron chi connectivity index (χ2n) is 5.28. The highest BCUT2D eigenvalue weighted by molar-refractivity contribution is 6.32. The monoisotopic (exact) mass is 344 g/mol. The predicted molar refractivity (Wildman–Crippen MR) is 96.5 cm³/mol. The first-order valence-electron chi connectivity index (χ1n) is 7.38. The van der Waals surface area contributed by atoms with E-state index in [-0.39, 0.29) is 5.56 Å². The van der Waals surface area contributed by atoms with Crippen LogP contribution in [0, 0.1) is 0 Å². The molecule has 2 aromatic carbocycles. The number of rotatable bonds is 5. The molecular weight excluding hydrogens is 328 g/mol. The number of aromatic amines is 1. The van der Waals surface area contributed by atoms with Crippen molar-refractivity contribution < 1.29 is 9.47 Å². The standard InChI is InChI=1S/C18H17ClN2O3/c1-23-14-5-3-11-7-12(18(22)21-16(11)9-14)10-20-13-4-6-17(24-2)15(19)8-13/h3-9,20H,10H2,1-2H3,(H,21,22). The van der Waals surface area contributed by atoms with Crippen molar-refractivity contribution in [2.75, 3.05) is 19.5 Å². The van der Waals surface area contributed by atoms with E-state index in [0.29, 0.717) is 28.6 Å². The summed E-state index contributed by atoms with van der Waals surface area (Å²) >= 11 is 6.10. The zero-order valence-corrected chi connectivity index (χ0v) is 14.1. The Balaban J connectivity index is 1.83. The van der Waals surface area contributed by atoms with Gasteiger partial charge in [0.25, 0.3) is 5.56 Å². The third-order valence-corrected chi connectivity index (χ3v) is 4.06. The average Bonchev–Trinajstić information content (AvgIpc) is 2.59. The minimum absolute atomic E-state index is 0.136. The quantitative estimate of drug-likeness (QED) is 0.738. The van der Waals surface area contributed by atoms with E-state index in [1.165, 1.54) is 0 Å². The van der Waals surface area contributed by atoms with Crippen LogP contribution >= 0.6 is 11.6 Å². The molecule has 1 heterocycles. The number of fused-ring (bicyclic) bond motifs is 1. The van der Waals surface area contributed by atoms with Crippen LogP contribution in [-0.2, 0) is 6.54 Å². The minimum atomic E-state index is -0.136. The van der Waals surface area contributed by atoms with E-state index in [9.17, 15) is 4.79 Å². The molecule has 0 atom stereocenters. The van der Waals surface area contributed by atoms with Gasteiger partial charge >= 0.3 is 0 Å². The molecule has 0 bridgehead atoms. The molecule has 0 spiro atoms. The number of anilines is 1. The van der Waals surface area contributed by atoms with Crippen molar-refractivity contribution in [3.63, 3.8) is 0 Å². The summed E-state index contributed by atoms with van der Waals surface area (Å²) in [6, 6.07) is 12.8. The zero-order chi connectivity index (χ0) is 17.1. The Bertz CT molecular complexity index is 937. The lowest BCUT2D eigenvalue weighted by molar-refractivity contribution is 0.415. The Morgan fingerprint density at radius 3 is 2.62 bits per heavy atom. The van der Waals surface area contributed by atoms with Crippen LogP contribution in [0.3, 0.4) is 0 Å². The molecule has 124 valence electrons. The van der Waals surface area contributed by atoms with Gasteiger partial charge in [0.15, 0.2) is 0 Å². The van der Waals surface area contributed by atoms with Crippen molar-refractivity contribution in [1.82, 2.24) is 4.98 Å². The number of hydrogen-bond acceptors (Lipinski definition) is 4. The lowest BCUT2D eigenvalue weighted by Gasteiger charge is -2.09. The topological polar surface area (TPSA) is 63.4 Å². The number of nitrogens with one attached hydrogen (secondary N) is 2. The Labute approximate surface area is 144 Å². The first kappa shape index (κ1) is 16.2. The molecule has 0 aliphatic carbocycles. The van der Waals surface area contributed by atoms with E-state index in [1.807, 2.05) is 24.3 Å². The smallest absolute Gasteiger partial charge is 0.253 e. The van der Waals surface area contributed by atoms with Crippen LogP contribution in [0.4, 0.5) is 5.69 Å². The fourth-order valence-electron chi connectivity index (χ4n) is 2.46. The summed E-state index contributed by atoms with van der Waals surface area (Å²) in [7, 11) is 3.16. The summed E-state index contributed by atoms with van der Waals surface area (Å²) < 4.78 is 10.3. The van der Waals surface area contributed by atoms with Crippen LogP contribution in [-0.4, -0.2) is 19.2 Å². The highest BCUT2D eigenvalue weighted by Gasteiger charge is 2.06. The fourth-order valence-corrected chi connectivity index (χ4v) is 2.71. The molecule has 1 aromatic heterocycles. The van der Waals surface area contributed by atoms with Gasteiger partial charge in [-0.25, -0.2) is 0 Å². The van der Waals surface area contributed by atoms with Crippen LogP contribution in [0.1, 0.15) is 5.56 Å². The van der Waals surface area contributed by atoms with E-state index in [0.717, 1.165) is 16.6 Å². The van der Waals surface area contributed by atoms with E-state index in [1.54, 1.807) is 32.4 Å². The number of H-pyrrole nitrogens is 1. The van der Waals surface area contributed by atoms with Crippen molar-refractivity contribution in [3.05, 3.63) is 63.4 Å². The Morgan fingerprint density at radius 1 is 1.08 bits per heavy atom. The number of pyridine rings is 1. The number of benzene rings is 2. The molecule has 0 fully saturated rings. The molecule has 0 unspecified atom stereocenters. The van der Waals surface area contributed by atoms with E-state index in [4.69, 9.17) is 21.1 Å². The molecule has 0 aliphatic rings. The number of aromatic nitrogens is 1. The summed E-state index contributed by atoms with van der Waals surface area (Å²) in [4.78, 5) is 15.1. The van der Waals surface area contributed by atoms with Gasteiger partial charge in [0.05, 0.1) is 24.8 Å². The molecular formula is C18H17ClN2O3. The summed E-state index contributed by atoms with van der Waals surface area (Å²) in [5.41, 5.74) is 2.06. The first-order valence-corrected chi connectivity index (χ1v) is 7.76. The average molecular weight is 345 g/mol. The molecule has 0 aliphatic heterocycles. The van der Waals surface area contributed by atoms with Crippen molar-refractivity contribution in [1.29, 1.82) is 0 Å². The van der Waals surface area contributed by atoms with Crippen LogP contribution in [0.5, 0.6) is 11.5 Å². The Hall–Kier alpha value is -2.66. The Morgan fingerprint density at radius 2 is 1.92 bits per heavy atom. The fraction of sp³-hybridized carbons (Fsp3) is 0.167. The van der Waals surface area contributed by atoms with Gasteiger partial charge in [-0.1, -0.05) is 11.6 Å². The van der Waals surface area contributed by atoms with Crippen LogP contribution < -0.4 is 20.3 Å². The van der Waals surface area contributed by atoms with Crippen LogP contribution in [0.15, 0.2) is 47.3 Å². The Kier molecular flexibility index (Phi) is 4.62. The molecule has 0 radical (unpaired) electrons. The number of hydrogen-bond donors (Lipinski definition) is 2. The largest absolute Gasteiger partial charge is 0.497 e. The highest BCUT2D eigenvalue weighted by atomic mass is 35.5. The molecule has 2 N–H and O–H groups in total. The van der Waals surface area contributed by atoms with Gasteiger partial charge in [0.2, 0.25) is 0 Å². The normalized spacial score (nSPS) is 10.6. The lowest BCUT2D eigenvalue weighted by Crippen LogP contribution is -2.15. The predicted octanol–water partition coefficient (Wildman–Crippen LogP) is 3.81. The van der Waals surface area contributed by atoms with Crippen molar-refractivity contribution in [2.24, 2.45) is 0 Å². The first-order chi connectivity index (χ1) is 11.6. The third-order valence-electron chi connectivity index (χ3n) is 3.76. The van der Waals surface area contributed by atoms with Gasteiger partial charge < -0.3 is 19.8 Å². The van der Waals surface area contributed by atoms with Gasteiger partial charge in [0, 0.05) is 23.9 Å².